The van der Waals surface area contributed by atoms with Gasteiger partial charge in [-0.15, -0.1) is 0 Å². The van der Waals surface area contributed by atoms with Gasteiger partial charge in [-0.1, -0.05) is 49.6 Å². The summed E-state index contributed by atoms with van der Waals surface area (Å²) in [6, 6.07) is 10.7. The van der Waals surface area contributed by atoms with Crippen LogP contribution >= 0.6 is 0 Å². The summed E-state index contributed by atoms with van der Waals surface area (Å²) >= 11 is 0. The van der Waals surface area contributed by atoms with E-state index in [0.717, 1.165) is 25.7 Å². The third-order valence-corrected chi connectivity index (χ3v) is 6.91. The highest BCUT2D eigenvalue weighted by molar-refractivity contribution is 7.89. The van der Waals surface area contributed by atoms with E-state index in [4.69, 9.17) is 0 Å². The third kappa shape index (κ3) is 4.48. The molecular formula is C21H24N4O3S. The quantitative estimate of drug-likeness (QED) is 0.672. The van der Waals surface area contributed by atoms with Gasteiger partial charge < -0.3 is 5.32 Å². The Morgan fingerprint density at radius 2 is 1.86 bits per heavy atom. The summed E-state index contributed by atoms with van der Waals surface area (Å²) < 4.78 is 26.8. The first-order chi connectivity index (χ1) is 14.0. The number of hydrogen-bond acceptors (Lipinski definition) is 5. The van der Waals surface area contributed by atoms with Crippen molar-refractivity contribution in [3.8, 4) is 0 Å². The van der Waals surface area contributed by atoms with Crippen LogP contribution in [0.2, 0.25) is 0 Å². The molecule has 3 aromatic rings. The van der Waals surface area contributed by atoms with Gasteiger partial charge in [-0.3, -0.25) is 4.79 Å². The first-order valence-corrected chi connectivity index (χ1v) is 11.5. The van der Waals surface area contributed by atoms with Crippen molar-refractivity contribution >= 4 is 27.1 Å². The molecule has 1 N–H and O–H groups in total. The molecule has 0 unspecified atom stereocenters. The van der Waals surface area contributed by atoms with Crippen molar-refractivity contribution in [1.82, 2.24) is 19.3 Å². The average Bonchev–Trinajstić information content (AvgIpc) is 3.17. The van der Waals surface area contributed by atoms with Gasteiger partial charge in [0.25, 0.3) is 0 Å². The summed E-state index contributed by atoms with van der Waals surface area (Å²) in [5, 5.41) is 2.94. The molecule has 0 saturated heterocycles. The Balaban J connectivity index is 1.48. The van der Waals surface area contributed by atoms with Gasteiger partial charge in [0.2, 0.25) is 15.9 Å². The molecular weight excluding hydrogens is 388 g/mol. The topological polar surface area (TPSA) is 94.0 Å². The molecule has 1 aliphatic rings. The molecule has 29 heavy (non-hydrogen) atoms. The van der Waals surface area contributed by atoms with Crippen molar-refractivity contribution in [3.05, 3.63) is 60.0 Å². The van der Waals surface area contributed by atoms with E-state index in [-0.39, 0.29) is 17.6 Å². The Bertz CT molecular complexity index is 1100. The Hall–Kier alpha value is -2.74. The zero-order chi connectivity index (χ0) is 20.3. The zero-order valence-corrected chi connectivity index (χ0v) is 16.9. The van der Waals surface area contributed by atoms with Crippen LogP contribution in [0.4, 0.5) is 0 Å². The Morgan fingerprint density at radius 1 is 1.10 bits per heavy atom. The van der Waals surface area contributed by atoms with Gasteiger partial charge in [0.15, 0.2) is 5.65 Å². The molecule has 0 radical (unpaired) electrons. The Labute approximate surface area is 170 Å². The fourth-order valence-electron chi connectivity index (χ4n) is 3.78. The maximum Gasteiger partial charge on any atom is 0.244 e. The van der Waals surface area contributed by atoms with Crippen LogP contribution in [0.5, 0.6) is 0 Å². The van der Waals surface area contributed by atoms with Crippen molar-refractivity contribution < 1.29 is 13.2 Å². The zero-order valence-electron chi connectivity index (χ0n) is 16.1. The van der Waals surface area contributed by atoms with Crippen LogP contribution in [-0.4, -0.2) is 28.3 Å². The minimum Gasteiger partial charge on any atom is -0.350 e. The van der Waals surface area contributed by atoms with E-state index >= 15 is 0 Å². The number of hydrogen-bond donors (Lipinski definition) is 1. The molecule has 4 rings (SSSR count). The minimum atomic E-state index is -3.61. The van der Waals surface area contributed by atoms with E-state index < -0.39 is 10.0 Å². The first kappa shape index (κ1) is 19.6. The number of nitrogens with zero attached hydrogens (tertiary/aromatic N) is 3. The number of aromatic nitrogens is 3. The lowest BCUT2D eigenvalue weighted by Gasteiger charge is -2.20. The second-order valence-corrected chi connectivity index (χ2v) is 9.32. The minimum absolute atomic E-state index is 0.0644. The first-order valence-electron chi connectivity index (χ1n) is 9.91. The van der Waals surface area contributed by atoms with Crippen molar-refractivity contribution in [1.29, 1.82) is 0 Å². The number of carbonyl (C=O) groups is 1. The van der Waals surface area contributed by atoms with Gasteiger partial charge in [0.05, 0.1) is 24.2 Å². The molecule has 2 heterocycles. The van der Waals surface area contributed by atoms with E-state index in [2.05, 4.69) is 15.3 Å². The lowest BCUT2D eigenvalue weighted by molar-refractivity contribution is -0.126. The molecule has 1 amide bonds. The smallest absolute Gasteiger partial charge is 0.244 e. The normalized spacial score (nSPS) is 15.4. The highest BCUT2D eigenvalue weighted by Crippen LogP contribution is 2.23. The van der Waals surface area contributed by atoms with E-state index in [0.29, 0.717) is 29.0 Å². The van der Waals surface area contributed by atoms with Gasteiger partial charge in [-0.2, -0.15) is 0 Å². The lowest BCUT2D eigenvalue weighted by Crippen LogP contribution is -2.31. The number of carbonyl (C=O) groups excluding carboxylic acids is 1. The van der Waals surface area contributed by atoms with Crippen LogP contribution in [0.15, 0.2) is 48.8 Å². The molecule has 0 atom stereocenters. The number of rotatable bonds is 6. The standard InChI is InChI=1S/C21H24N4O3S/c26-21(17-9-5-2-6-10-17)23-14-18-13-22-20-19(24-18)11-12-25(20)29(27,28)15-16-7-3-1-4-8-16/h1,3-4,7-8,11-13,17H,2,5-6,9-10,14-15H2,(H,23,26). The van der Waals surface area contributed by atoms with E-state index in [1.807, 2.05) is 18.2 Å². The Kier molecular flexibility index (Phi) is 5.62. The summed E-state index contributed by atoms with van der Waals surface area (Å²) in [5.74, 6) is 0.0395. The van der Waals surface area contributed by atoms with E-state index in [1.54, 1.807) is 18.2 Å². The SMILES string of the molecule is O=C(NCc1cnc2c(ccn2S(=O)(=O)Cc2ccccc2)n1)C1CCCCC1. The average molecular weight is 413 g/mol. The Morgan fingerprint density at radius 3 is 2.62 bits per heavy atom. The predicted octanol–water partition coefficient (Wildman–Crippen LogP) is 3.01. The van der Waals surface area contributed by atoms with E-state index in [1.165, 1.54) is 22.8 Å². The van der Waals surface area contributed by atoms with Crippen LogP contribution in [-0.2, 0) is 27.1 Å². The molecule has 0 spiro atoms. The second-order valence-electron chi connectivity index (χ2n) is 7.48. The molecule has 1 fully saturated rings. The highest BCUT2D eigenvalue weighted by Gasteiger charge is 2.21. The molecule has 0 aliphatic heterocycles. The number of benzene rings is 1. The van der Waals surface area contributed by atoms with Crippen molar-refractivity contribution in [2.75, 3.05) is 0 Å². The maximum atomic E-state index is 12.8. The van der Waals surface area contributed by atoms with Crippen LogP contribution < -0.4 is 5.32 Å². The summed E-state index contributed by atoms with van der Waals surface area (Å²) in [5.41, 5.74) is 2.11. The van der Waals surface area contributed by atoms with Gasteiger partial charge in [-0.25, -0.2) is 22.4 Å². The van der Waals surface area contributed by atoms with Gasteiger partial charge in [0, 0.05) is 12.1 Å². The second kappa shape index (κ2) is 8.32. The number of fused-ring (bicyclic) bond motifs is 1. The predicted molar refractivity (Wildman–Crippen MR) is 110 cm³/mol. The molecule has 152 valence electrons. The summed E-state index contributed by atoms with van der Waals surface area (Å²) in [6.45, 7) is 0.292. The summed E-state index contributed by atoms with van der Waals surface area (Å²) in [6.07, 6.45) is 8.31. The molecule has 1 aliphatic carbocycles. The molecule has 0 bridgehead atoms. The van der Waals surface area contributed by atoms with Crippen LogP contribution in [0.3, 0.4) is 0 Å². The van der Waals surface area contributed by atoms with E-state index in [9.17, 15) is 13.2 Å². The lowest BCUT2D eigenvalue weighted by atomic mass is 9.89. The molecule has 8 heteroatoms. The van der Waals surface area contributed by atoms with Gasteiger partial charge >= 0.3 is 0 Å². The summed E-state index contributed by atoms with van der Waals surface area (Å²) in [7, 11) is -3.61. The monoisotopic (exact) mass is 412 g/mol. The van der Waals surface area contributed by atoms with Crippen LogP contribution in [0.25, 0.3) is 11.2 Å². The van der Waals surface area contributed by atoms with Gasteiger partial charge in [0.1, 0.15) is 5.52 Å². The maximum absolute atomic E-state index is 12.8. The number of nitrogens with one attached hydrogen (secondary N) is 1. The molecule has 7 nitrogen and oxygen atoms in total. The molecule has 1 aromatic carbocycles. The fraction of sp³-hybridized carbons (Fsp3) is 0.381. The fourth-order valence-corrected chi connectivity index (χ4v) is 5.18. The van der Waals surface area contributed by atoms with Crippen LogP contribution in [0, 0.1) is 5.92 Å². The summed E-state index contributed by atoms with van der Waals surface area (Å²) in [4.78, 5) is 21.1. The third-order valence-electron chi connectivity index (χ3n) is 5.32. The van der Waals surface area contributed by atoms with Crippen molar-refractivity contribution in [3.63, 3.8) is 0 Å². The molecule has 2 aromatic heterocycles. The van der Waals surface area contributed by atoms with Crippen molar-refractivity contribution in [2.45, 2.75) is 44.4 Å². The number of amides is 1. The van der Waals surface area contributed by atoms with Crippen LogP contribution in [0.1, 0.15) is 43.4 Å². The highest BCUT2D eigenvalue weighted by atomic mass is 32.2. The largest absolute Gasteiger partial charge is 0.350 e. The van der Waals surface area contributed by atoms with Gasteiger partial charge in [-0.05, 0) is 24.5 Å². The van der Waals surface area contributed by atoms with Crippen molar-refractivity contribution in [2.24, 2.45) is 5.92 Å². The molecule has 1 saturated carbocycles.